The van der Waals surface area contributed by atoms with Gasteiger partial charge in [0.05, 0.1) is 0 Å². The van der Waals surface area contributed by atoms with Crippen molar-refractivity contribution in [3.63, 3.8) is 0 Å². The topological polar surface area (TPSA) is 46.3 Å². The van der Waals surface area contributed by atoms with Crippen molar-refractivity contribution >= 4 is 5.91 Å². The second-order valence-electron chi connectivity index (χ2n) is 5.38. The number of nitrogens with two attached hydrogens (primary N) is 1. The molecule has 2 atom stereocenters. The Morgan fingerprint density at radius 1 is 1.35 bits per heavy atom. The SMILES string of the molecule is CCC(CC)N(C)C(=O)C1CCCC(CN)C1. The van der Waals surface area contributed by atoms with Gasteiger partial charge in [0.15, 0.2) is 0 Å². The van der Waals surface area contributed by atoms with Crippen molar-refractivity contribution in [3.05, 3.63) is 0 Å². The Morgan fingerprint density at radius 3 is 2.53 bits per heavy atom. The molecule has 1 amide bonds. The van der Waals surface area contributed by atoms with Crippen LogP contribution in [0.15, 0.2) is 0 Å². The molecule has 0 radical (unpaired) electrons. The molecule has 0 aromatic carbocycles. The van der Waals surface area contributed by atoms with Gasteiger partial charge in [-0.25, -0.2) is 0 Å². The van der Waals surface area contributed by atoms with E-state index < -0.39 is 0 Å². The Kier molecular flexibility index (Phi) is 5.96. The second-order valence-corrected chi connectivity index (χ2v) is 5.38. The van der Waals surface area contributed by atoms with Gasteiger partial charge in [-0.2, -0.15) is 0 Å². The molecular weight excluding hydrogens is 212 g/mol. The molecule has 0 heterocycles. The predicted octanol–water partition coefficient (Wildman–Crippen LogP) is 2.40. The first kappa shape index (κ1) is 14.5. The molecule has 3 nitrogen and oxygen atoms in total. The zero-order valence-electron chi connectivity index (χ0n) is 11.6. The quantitative estimate of drug-likeness (QED) is 0.802. The van der Waals surface area contributed by atoms with Gasteiger partial charge in [0.2, 0.25) is 5.91 Å². The largest absolute Gasteiger partial charge is 0.343 e. The van der Waals surface area contributed by atoms with Crippen molar-refractivity contribution in [2.45, 2.75) is 58.4 Å². The van der Waals surface area contributed by atoms with Crippen molar-refractivity contribution in [1.29, 1.82) is 0 Å². The molecule has 2 unspecified atom stereocenters. The van der Waals surface area contributed by atoms with E-state index >= 15 is 0 Å². The highest BCUT2D eigenvalue weighted by Gasteiger charge is 2.30. The van der Waals surface area contributed by atoms with Crippen molar-refractivity contribution in [2.75, 3.05) is 13.6 Å². The Labute approximate surface area is 106 Å². The molecule has 3 heteroatoms. The van der Waals surface area contributed by atoms with Gasteiger partial charge in [-0.1, -0.05) is 20.3 Å². The van der Waals surface area contributed by atoms with E-state index in [0.29, 0.717) is 17.9 Å². The highest BCUT2D eigenvalue weighted by atomic mass is 16.2. The van der Waals surface area contributed by atoms with E-state index in [2.05, 4.69) is 13.8 Å². The number of carbonyl (C=O) groups is 1. The van der Waals surface area contributed by atoms with Gasteiger partial charge in [-0.15, -0.1) is 0 Å². The summed E-state index contributed by atoms with van der Waals surface area (Å²) in [5.74, 6) is 1.13. The fourth-order valence-corrected chi connectivity index (χ4v) is 3.03. The van der Waals surface area contributed by atoms with E-state index in [1.165, 1.54) is 6.42 Å². The standard InChI is InChI=1S/C14H28N2O/c1-4-13(5-2)16(3)14(17)12-8-6-7-11(9-12)10-15/h11-13H,4-10,15H2,1-3H3. The predicted molar refractivity (Wildman–Crippen MR) is 71.6 cm³/mol. The Balaban J connectivity index is 2.56. The maximum atomic E-state index is 12.4. The third kappa shape index (κ3) is 3.70. The Morgan fingerprint density at radius 2 is 2.00 bits per heavy atom. The van der Waals surface area contributed by atoms with Gasteiger partial charge in [0.25, 0.3) is 0 Å². The summed E-state index contributed by atoms with van der Waals surface area (Å²) < 4.78 is 0. The van der Waals surface area contributed by atoms with E-state index in [-0.39, 0.29) is 5.92 Å². The van der Waals surface area contributed by atoms with E-state index in [1.807, 2.05) is 11.9 Å². The minimum atomic E-state index is 0.225. The molecule has 2 N–H and O–H groups in total. The zero-order chi connectivity index (χ0) is 12.8. The van der Waals surface area contributed by atoms with E-state index in [1.54, 1.807) is 0 Å². The van der Waals surface area contributed by atoms with Crippen LogP contribution in [-0.2, 0) is 4.79 Å². The van der Waals surface area contributed by atoms with Crippen LogP contribution in [-0.4, -0.2) is 30.4 Å². The summed E-state index contributed by atoms with van der Waals surface area (Å²) in [5.41, 5.74) is 5.73. The first-order valence-corrected chi connectivity index (χ1v) is 7.10. The highest BCUT2D eigenvalue weighted by molar-refractivity contribution is 5.79. The van der Waals surface area contributed by atoms with Crippen LogP contribution in [0, 0.1) is 11.8 Å². The van der Waals surface area contributed by atoms with Gasteiger partial charge in [0.1, 0.15) is 0 Å². The number of hydrogen-bond acceptors (Lipinski definition) is 2. The summed E-state index contributed by atoms with van der Waals surface area (Å²) in [6.45, 7) is 5.04. The first-order valence-electron chi connectivity index (χ1n) is 7.10. The van der Waals surface area contributed by atoms with Crippen molar-refractivity contribution in [2.24, 2.45) is 17.6 Å². The lowest BCUT2D eigenvalue weighted by atomic mass is 9.80. The molecule has 1 aliphatic carbocycles. The lowest BCUT2D eigenvalue weighted by molar-refractivity contribution is -0.138. The smallest absolute Gasteiger partial charge is 0.225 e. The lowest BCUT2D eigenvalue weighted by Gasteiger charge is -2.34. The van der Waals surface area contributed by atoms with Crippen molar-refractivity contribution in [1.82, 2.24) is 4.90 Å². The van der Waals surface area contributed by atoms with Crippen LogP contribution in [0.3, 0.4) is 0 Å². The normalized spacial score (nSPS) is 25.0. The molecule has 0 saturated heterocycles. The number of amides is 1. The molecule has 0 aromatic heterocycles. The summed E-state index contributed by atoms with van der Waals surface area (Å²) in [6.07, 6.45) is 6.52. The molecule has 1 aliphatic rings. The average molecular weight is 240 g/mol. The van der Waals surface area contributed by atoms with Crippen LogP contribution in [0.4, 0.5) is 0 Å². The minimum absolute atomic E-state index is 0.225. The summed E-state index contributed by atoms with van der Waals surface area (Å²) in [5, 5.41) is 0. The highest BCUT2D eigenvalue weighted by Crippen LogP contribution is 2.30. The van der Waals surface area contributed by atoms with E-state index in [0.717, 1.165) is 38.6 Å². The number of nitrogens with zero attached hydrogens (tertiary/aromatic N) is 1. The summed E-state index contributed by atoms with van der Waals surface area (Å²) in [4.78, 5) is 14.4. The van der Waals surface area contributed by atoms with Crippen LogP contribution >= 0.6 is 0 Å². The molecular formula is C14H28N2O. The van der Waals surface area contributed by atoms with Crippen LogP contribution in [0.5, 0.6) is 0 Å². The molecule has 0 aliphatic heterocycles. The van der Waals surface area contributed by atoms with Crippen molar-refractivity contribution < 1.29 is 4.79 Å². The summed E-state index contributed by atoms with van der Waals surface area (Å²) in [6, 6.07) is 0.403. The molecule has 0 bridgehead atoms. The van der Waals surface area contributed by atoms with Crippen LogP contribution in [0.2, 0.25) is 0 Å². The van der Waals surface area contributed by atoms with Gasteiger partial charge < -0.3 is 10.6 Å². The third-order valence-corrected chi connectivity index (χ3v) is 4.30. The Hall–Kier alpha value is -0.570. The minimum Gasteiger partial charge on any atom is -0.343 e. The van der Waals surface area contributed by atoms with Crippen molar-refractivity contribution in [3.8, 4) is 0 Å². The second kappa shape index (κ2) is 7.00. The van der Waals surface area contributed by atoms with Crippen LogP contribution in [0.1, 0.15) is 52.4 Å². The fourth-order valence-electron chi connectivity index (χ4n) is 3.03. The molecule has 0 spiro atoms. The summed E-state index contributed by atoms with van der Waals surface area (Å²) in [7, 11) is 1.96. The molecule has 1 fully saturated rings. The number of rotatable bonds is 5. The van der Waals surface area contributed by atoms with Crippen LogP contribution in [0.25, 0.3) is 0 Å². The third-order valence-electron chi connectivity index (χ3n) is 4.30. The number of carbonyl (C=O) groups excluding carboxylic acids is 1. The maximum absolute atomic E-state index is 12.4. The molecule has 100 valence electrons. The molecule has 1 saturated carbocycles. The monoisotopic (exact) mass is 240 g/mol. The summed E-state index contributed by atoms with van der Waals surface area (Å²) >= 11 is 0. The number of hydrogen-bond donors (Lipinski definition) is 1. The fraction of sp³-hybridized carbons (Fsp3) is 0.929. The van der Waals surface area contributed by atoms with Gasteiger partial charge >= 0.3 is 0 Å². The lowest BCUT2D eigenvalue weighted by Crippen LogP contribution is -2.42. The van der Waals surface area contributed by atoms with Gasteiger partial charge in [-0.05, 0) is 44.6 Å². The first-order chi connectivity index (χ1) is 8.13. The average Bonchev–Trinajstić information content (AvgIpc) is 2.39. The molecule has 17 heavy (non-hydrogen) atoms. The molecule has 0 aromatic rings. The van der Waals surface area contributed by atoms with E-state index in [4.69, 9.17) is 5.73 Å². The zero-order valence-corrected chi connectivity index (χ0v) is 11.6. The molecule has 1 rings (SSSR count). The Bertz CT molecular complexity index is 238. The van der Waals surface area contributed by atoms with Gasteiger partial charge in [-0.3, -0.25) is 4.79 Å². The maximum Gasteiger partial charge on any atom is 0.225 e. The van der Waals surface area contributed by atoms with Crippen LogP contribution < -0.4 is 5.73 Å². The van der Waals surface area contributed by atoms with E-state index in [9.17, 15) is 4.79 Å². The van der Waals surface area contributed by atoms with Gasteiger partial charge in [0, 0.05) is 19.0 Å².